The fourth-order valence-electron chi connectivity index (χ4n) is 3.37. The van der Waals surface area contributed by atoms with Crippen molar-refractivity contribution in [2.24, 2.45) is 5.41 Å². The second kappa shape index (κ2) is 6.84. The lowest BCUT2D eigenvalue weighted by Crippen LogP contribution is -2.36. The van der Waals surface area contributed by atoms with E-state index in [-0.39, 0.29) is 17.2 Å². The van der Waals surface area contributed by atoms with Gasteiger partial charge in [0.1, 0.15) is 5.41 Å². The average Bonchev–Trinajstić information content (AvgIpc) is 3.39. The number of rotatable bonds is 4. The molecule has 0 bridgehead atoms. The lowest BCUT2D eigenvalue weighted by Gasteiger charge is -2.24. The topological polar surface area (TPSA) is 58.2 Å². The van der Waals surface area contributed by atoms with E-state index in [1.165, 1.54) is 0 Å². The third-order valence-electron chi connectivity index (χ3n) is 5.23. The molecule has 1 fully saturated rings. The summed E-state index contributed by atoms with van der Waals surface area (Å²) in [5.41, 5.74) is 3.68. The summed E-state index contributed by atoms with van der Waals surface area (Å²) in [4.78, 5) is 25.9. The molecular formula is C23H28N2O2. The van der Waals surface area contributed by atoms with Gasteiger partial charge in [0.2, 0.25) is 11.8 Å². The van der Waals surface area contributed by atoms with Crippen molar-refractivity contribution in [3.63, 3.8) is 0 Å². The Kier molecular flexibility index (Phi) is 4.85. The van der Waals surface area contributed by atoms with E-state index in [4.69, 9.17) is 0 Å². The molecule has 0 aliphatic heterocycles. The highest BCUT2D eigenvalue weighted by molar-refractivity contribution is 6.17. The number of carbonyl (C=O) groups is 2. The molecule has 0 saturated heterocycles. The Morgan fingerprint density at radius 3 is 2.04 bits per heavy atom. The van der Waals surface area contributed by atoms with E-state index >= 15 is 0 Å². The molecule has 0 spiro atoms. The van der Waals surface area contributed by atoms with E-state index in [1.807, 2.05) is 56.3 Å². The van der Waals surface area contributed by atoms with Crippen molar-refractivity contribution < 1.29 is 9.59 Å². The van der Waals surface area contributed by atoms with Gasteiger partial charge in [0.15, 0.2) is 0 Å². The standard InChI is InChI=1S/C23H28N2O2/c1-15-10-11-18(16(2)14-15)24-20(26)23(12-13-23)21(27)25-19-9-7-6-8-17(19)22(3,4)5/h6-11,14H,12-13H2,1-5H3,(H,24,26)(H,25,27). The normalized spacial score (nSPS) is 15.1. The molecule has 4 nitrogen and oxygen atoms in total. The molecule has 0 heterocycles. The van der Waals surface area contributed by atoms with Gasteiger partial charge in [0, 0.05) is 11.4 Å². The van der Waals surface area contributed by atoms with Crippen LogP contribution in [0.25, 0.3) is 0 Å². The van der Waals surface area contributed by atoms with Gasteiger partial charge in [0.05, 0.1) is 0 Å². The van der Waals surface area contributed by atoms with Crippen molar-refractivity contribution in [2.45, 2.75) is 52.9 Å². The molecule has 2 N–H and O–H groups in total. The highest BCUT2D eigenvalue weighted by Gasteiger charge is 2.56. The van der Waals surface area contributed by atoms with E-state index in [2.05, 4.69) is 31.4 Å². The molecule has 27 heavy (non-hydrogen) atoms. The van der Waals surface area contributed by atoms with E-state index < -0.39 is 5.41 Å². The number of hydrogen-bond donors (Lipinski definition) is 2. The fraction of sp³-hybridized carbons (Fsp3) is 0.391. The van der Waals surface area contributed by atoms with Crippen LogP contribution in [0.2, 0.25) is 0 Å². The zero-order valence-electron chi connectivity index (χ0n) is 16.8. The molecule has 4 heteroatoms. The maximum Gasteiger partial charge on any atom is 0.240 e. The van der Waals surface area contributed by atoms with Gasteiger partial charge in [-0.25, -0.2) is 0 Å². The number of carbonyl (C=O) groups excluding carboxylic acids is 2. The predicted octanol–water partition coefficient (Wildman–Crippen LogP) is 4.96. The highest BCUT2D eigenvalue weighted by Crippen LogP contribution is 2.48. The van der Waals surface area contributed by atoms with Crippen LogP contribution in [0.15, 0.2) is 42.5 Å². The lowest BCUT2D eigenvalue weighted by atomic mass is 9.85. The number of aryl methyl sites for hydroxylation is 2. The third kappa shape index (κ3) is 3.90. The van der Waals surface area contributed by atoms with Gasteiger partial charge in [-0.1, -0.05) is 56.7 Å². The number of nitrogens with one attached hydrogen (secondary N) is 2. The summed E-state index contributed by atoms with van der Waals surface area (Å²) in [5.74, 6) is -0.443. The first-order valence-electron chi connectivity index (χ1n) is 9.43. The van der Waals surface area contributed by atoms with Crippen LogP contribution in [0.1, 0.15) is 50.3 Å². The SMILES string of the molecule is Cc1ccc(NC(=O)C2(C(=O)Nc3ccccc3C(C)(C)C)CC2)c(C)c1. The number of para-hydroxylation sites is 1. The summed E-state index contributed by atoms with van der Waals surface area (Å²) >= 11 is 0. The third-order valence-corrected chi connectivity index (χ3v) is 5.23. The Balaban J connectivity index is 1.78. The minimum absolute atomic E-state index is 0.0954. The second-order valence-electron chi connectivity index (χ2n) is 8.60. The van der Waals surface area contributed by atoms with Crippen LogP contribution in [-0.2, 0) is 15.0 Å². The van der Waals surface area contributed by atoms with Crippen molar-refractivity contribution in [1.29, 1.82) is 0 Å². The molecule has 2 aromatic carbocycles. The van der Waals surface area contributed by atoms with Gasteiger partial charge < -0.3 is 10.6 Å². The summed E-state index contributed by atoms with van der Waals surface area (Å²) in [7, 11) is 0. The molecule has 1 aliphatic carbocycles. The molecule has 0 atom stereocenters. The lowest BCUT2D eigenvalue weighted by molar-refractivity contribution is -0.131. The molecule has 0 radical (unpaired) electrons. The summed E-state index contributed by atoms with van der Waals surface area (Å²) < 4.78 is 0. The van der Waals surface area contributed by atoms with Crippen molar-refractivity contribution in [3.05, 3.63) is 59.2 Å². The monoisotopic (exact) mass is 364 g/mol. The van der Waals surface area contributed by atoms with Crippen LogP contribution in [0.4, 0.5) is 11.4 Å². The highest BCUT2D eigenvalue weighted by atomic mass is 16.2. The van der Waals surface area contributed by atoms with Crippen molar-refractivity contribution in [1.82, 2.24) is 0 Å². The van der Waals surface area contributed by atoms with Gasteiger partial charge in [0.25, 0.3) is 0 Å². The maximum atomic E-state index is 13.0. The first-order valence-corrected chi connectivity index (χ1v) is 9.43. The second-order valence-corrected chi connectivity index (χ2v) is 8.60. The smallest absolute Gasteiger partial charge is 0.240 e. The summed E-state index contributed by atoms with van der Waals surface area (Å²) in [6, 6.07) is 13.7. The largest absolute Gasteiger partial charge is 0.325 e. The Labute approximate surface area is 161 Å². The van der Waals surface area contributed by atoms with Crippen molar-refractivity contribution in [2.75, 3.05) is 10.6 Å². The average molecular weight is 364 g/mol. The summed E-state index contributed by atoms with van der Waals surface area (Å²) in [6.07, 6.45) is 1.15. The molecule has 1 aliphatic rings. The predicted molar refractivity (Wildman–Crippen MR) is 110 cm³/mol. The van der Waals surface area contributed by atoms with Crippen molar-refractivity contribution >= 4 is 23.2 Å². The molecule has 3 rings (SSSR count). The van der Waals surface area contributed by atoms with Crippen LogP contribution in [-0.4, -0.2) is 11.8 Å². The first kappa shape index (κ1) is 19.2. The van der Waals surface area contributed by atoms with Crippen LogP contribution in [0.5, 0.6) is 0 Å². The number of amides is 2. The molecule has 0 aromatic heterocycles. The van der Waals surface area contributed by atoms with E-state index in [0.29, 0.717) is 12.8 Å². The van der Waals surface area contributed by atoms with E-state index in [1.54, 1.807) is 0 Å². The van der Waals surface area contributed by atoms with Crippen LogP contribution >= 0.6 is 0 Å². The van der Waals surface area contributed by atoms with E-state index in [0.717, 1.165) is 28.1 Å². The molecule has 0 unspecified atom stereocenters. The Bertz CT molecular complexity index is 889. The number of benzene rings is 2. The summed E-state index contributed by atoms with van der Waals surface area (Å²) in [5, 5.41) is 5.96. The van der Waals surface area contributed by atoms with Gasteiger partial charge in [-0.2, -0.15) is 0 Å². The molecule has 1 saturated carbocycles. The Hall–Kier alpha value is -2.62. The molecule has 2 aromatic rings. The van der Waals surface area contributed by atoms with Crippen LogP contribution < -0.4 is 10.6 Å². The fourth-order valence-corrected chi connectivity index (χ4v) is 3.37. The van der Waals surface area contributed by atoms with Gasteiger partial charge >= 0.3 is 0 Å². The molecule has 2 amide bonds. The van der Waals surface area contributed by atoms with Crippen LogP contribution in [0.3, 0.4) is 0 Å². The zero-order valence-corrected chi connectivity index (χ0v) is 16.8. The summed E-state index contributed by atoms with van der Waals surface area (Å²) in [6.45, 7) is 10.3. The molecule has 142 valence electrons. The van der Waals surface area contributed by atoms with Gasteiger partial charge in [-0.3, -0.25) is 9.59 Å². The Morgan fingerprint density at radius 2 is 1.48 bits per heavy atom. The molecular weight excluding hydrogens is 336 g/mol. The van der Waals surface area contributed by atoms with Gasteiger partial charge in [-0.15, -0.1) is 0 Å². The van der Waals surface area contributed by atoms with Crippen molar-refractivity contribution in [3.8, 4) is 0 Å². The van der Waals surface area contributed by atoms with Crippen LogP contribution in [0, 0.1) is 19.3 Å². The Morgan fingerprint density at radius 1 is 0.889 bits per heavy atom. The van der Waals surface area contributed by atoms with E-state index in [9.17, 15) is 9.59 Å². The quantitative estimate of drug-likeness (QED) is 0.754. The zero-order chi connectivity index (χ0) is 19.8. The van der Waals surface area contributed by atoms with Gasteiger partial charge in [-0.05, 0) is 55.4 Å². The maximum absolute atomic E-state index is 13.0. The number of hydrogen-bond acceptors (Lipinski definition) is 2. The minimum atomic E-state index is -0.970. The minimum Gasteiger partial charge on any atom is -0.325 e. The first-order chi connectivity index (χ1) is 12.6. The number of anilines is 2.